The summed E-state index contributed by atoms with van der Waals surface area (Å²) in [6.45, 7) is 3.74. The first-order valence-electron chi connectivity index (χ1n) is 10.3. The van der Waals surface area contributed by atoms with Crippen LogP contribution in [0.25, 0.3) is 0 Å². The van der Waals surface area contributed by atoms with E-state index in [0.29, 0.717) is 25.7 Å². The SMILES string of the molecule is CC#CCC(C)[C@@H](O)/C=C/[C@H]1[C@@H]2c3cccc(CCCC(=O)[O-])c3O[C@@H]2C[C@@H]1O.[Na+]. The molecule has 2 N–H and O–H groups in total. The number of carboxylic acid groups (broad SMARTS) is 1. The van der Waals surface area contributed by atoms with Gasteiger partial charge in [0.25, 0.3) is 0 Å². The fourth-order valence-corrected chi connectivity index (χ4v) is 4.40. The maximum Gasteiger partial charge on any atom is 1.00 e. The second-order valence-electron chi connectivity index (χ2n) is 8.11. The van der Waals surface area contributed by atoms with Crippen LogP contribution in [0.15, 0.2) is 30.4 Å². The van der Waals surface area contributed by atoms with Crippen LogP contribution in [0.1, 0.15) is 56.6 Å². The Morgan fingerprint density at radius 3 is 2.90 bits per heavy atom. The van der Waals surface area contributed by atoms with Crippen LogP contribution in [0.5, 0.6) is 5.75 Å². The summed E-state index contributed by atoms with van der Waals surface area (Å²) in [5.74, 6) is 5.56. The molecule has 1 aliphatic carbocycles. The molecule has 1 unspecified atom stereocenters. The molecule has 30 heavy (non-hydrogen) atoms. The van der Waals surface area contributed by atoms with Crippen molar-refractivity contribution in [3.05, 3.63) is 41.5 Å². The molecule has 1 aromatic rings. The molecular formula is C24H29NaO5. The summed E-state index contributed by atoms with van der Waals surface area (Å²) in [6, 6.07) is 5.96. The van der Waals surface area contributed by atoms with Crippen molar-refractivity contribution in [2.75, 3.05) is 0 Å². The van der Waals surface area contributed by atoms with Gasteiger partial charge in [0.15, 0.2) is 0 Å². The van der Waals surface area contributed by atoms with Crippen LogP contribution in [0.2, 0.25) is 0 Å². The number of aliphatic hydroxyl groups excluding tert-OH is 2. The molecular weight excluding hydrogens is 391 g/mol. The fraction of sp³-hybridized carbons (Fsp3) is 0.542. The van der Waals surface area contributed by atoms with Gasteiger partial charge in [0, 0.05) is 36.2 Å². The van der Waals surface area contributed by atoms with Crippen molar-refractivity contribution in [2.45, 2.75) is 70.2 Å². The predicted octanol–water partition coefficient (Wildman–Crippen LogP) is -1.04. The first-order valence-corrected chi connectivity index (χ1v) is 10.3. The van der Waals surface area contributed by atoms with Gasteiger partial charge in [-0.15, -0.1) is 11.8 Å². The van der Waals surface area contributed by atoms with Crippen LogP contribution in [0, 0.1) is 23.7 Å². The van der Waals surface area contributed by atoms with Gasteiger partial charge in [-0.3, -0.25) is 0 Å². The van der Waals surface area contributed by atoms with Gasteiger partial charge >= 0.3 is 29.6 Å². The average Bonchev–Trinajstić information content (AvgIpc) is 3.19. The Hall–Kier alpha value is -1.29. The average molecular weight is 420 g/mol. The summed E-state index contributed by atoms with van der Waals surface area (Å²) < 4.78 is 6.19. The van der Waals surface area contributed by atoms with E-state index in [1.165, 1.54) is 0 Å². The van der Waals surface area contributed by atoms with Crippen LogP contribution in [0.3, 0.4) is 0 Å². The van der Waals surface area contributed by atoms with Crippen LogP contribution in [-0.4, -0.2) is 34.5 Å². The predicted molar refractivity (Wildman–Crippen MR) is 108 cm³/mol. The molecule has 0 spiro atoms. The van der Waals surface area contributed by atoms with E-state index >= 15 is 0 Å². The van der Waals surface area contributed by atoms with E-state index in [1.54, 1.807) is 13.0 Å². The van der Waals surface area contributed by atoms with Gasteiger partial charge in [0.05, 0.1) is 12.2 Å². The summed E-state index contributed by atoms with van der Waals surface area (Å²) in [6.07, 6.45) is 4.80. The number of aryl methyl sites for hydroxylation is 1. The number of carboxylic acids is 1. The zero-order valence-electron chi connectivity index (χ0n) is 18.0. The van der Waals surface area contributed by atoms with E-state index in [9.17, 15) is 20.1 Å². The monoisotopic (exact) mass is 420 g/mol. The van der Waals surface area contributed by atoms with Crippen LogP contribution in [0.4, 0.5) is 0 Å². The minimum atomic E-state index is -1.04. The molecule has 0 radical (unpaired) electrons. The Bertz CT molecular complexity index is 825. The Balaban J connectivity index is 0.00000320. The zero-order chi connectivity index (χ0) is 21.0. The van der Waals surface area contributed by atoms with Crippen molar-refractivity contribution in [3.63, 3.8) is 0 Å². The van der Waals surface area contributed by atoms with Gasteiger partial charge in [-0.25, -0.2) is 0 Å². The van der Waals surface area contributed by atoms with Gasteiger partial charge in [-0.05, 0) is 37.7 Å². The topological polar surface area (TPSA) is 89.8 Å². The van der Waals surface area contributed by atoms with Crippen molar-refractivity contribution in [3.8, 4) is 17.6 Å². The van der Waals surface area contributed by atoms with Crippen molar-refractivity contribution in [1.82, 2.24) is 0 Å². The summed E-state index contributed by atoms with van der Waals surface area (Å²) in [5.41, 5.74) is 2.06. The smallest absolute Gasteiger partial charge is 0.550 e. The van der Waals surface area contributed by atoms with Gasteiger partial charge in [-0.2, -0.15) is 0 Å². The van der Waals surface area contributed by atoms with E-state index < -0.39 is 18.2 Å². The van der Waals surface area contributed by atoms with E-state index in [0.717, 1.165) is 16.9 Å². The standard InChI is InChI=1S/C24H30O5.Na/c1-3-4-7-15(2)19(25)13-12-17-20(26)14-21-23(17)18-10-5-8-16(24(18)29-21)9-6-11-22(27)28;/h5,8,10,12-13,15,17,19-21,23,25-26H,6-7,9,11,14H2,1-2H3,(H,27,28);/q;+1/p-1/b13-12+;/t15?,17-,19+,20+,21-,23-;/m1./s1. The van der Waals surface area contributed by atoms with Crippen molar-refractivity contribution >= 4 is 5.97 Å². The number of fused-ring (bicyclic) bond motifs is 3. The number of aliphatic hydroxyl groups is 2. The molecule has 6 atom stereocenters. The first-order chi connectivity index (χ1) is 13.9. The maximum absolute atomic E-state index is 10.7. The van der Waals surface area contributed by atoms with Gasteiger partial charge in [-0.1, -0.05) is 37.3 Å². The summed E-state index contributed by atoms with van der Waals surface area (Å²) in [4.78, 5) is 10.7. The molecule has 156 valence electrons. The third kappa shape index (κ3) is 5.69. The molecule has 0 amide bonds. The number of hydrogen-bond acceptors (Lipinski definition) is 5. The molecule has 5 nitrogen and oxygen atoms in total. The first kappa shape index (κ1) is 25.0. The Kier molecular flexibility index (Phi) is 9.46. The minimum Gasteiger partial charge on any atom is -0.550 e. The second-order valence-corrected chi connectivity index (χ2v) is 8.11. The Morgan fingerprint density at radius 2 is 2.20 bits per heavy atom. The molecule has 2 aliphatic rings. The molecule has 1 aliphatic heterocycles. The third-order valence-corrected chi connectivity index (χ3v) is 6.03. The van der Waals surface area contributed by atoms with Crippen LogP contribution >= 0.6 is 0 Å². The van der Waals surface area contributed by atoms with E-state index in [1.807, 2.05) is 31.2 Å². The number of rotatable bonds is 8. The number of carbonyl (C=O) groups excluding carboxylic acids is 1. The molecule has 3 rings (SSSR count). The zero-order valence-corrected chi connectivity index (χ0v) is 20.0. The summed E-state index contributed by atoms with van der Waals surface area (Å²) >= 11 is 0. The number of carbonyl (C=O) groups is 1. The van der Waals surface area contributed by atoms with E-state index in [4.69, 9.17) is 4.74 Å². The number of aliphatic carboxylic acids is 1. The maximum atomic E-state index is 10.7. The number of ether oxygens (including phenoxy) is 1. The number of benzene rings is 1. The van der Waals surface area contributed by atoms with Gasteiger partial charge < -0.3 is 24.9 Å². The molecule has 0 saturated heterocycles. The quantitative estimate of drug-likeness (QED) is 0.319. The number of hydrogen-bond donors (Lipinski definition) is 2. The number of para-hydroxylation sites is 1. The van der Waals surface area contributed by atoms with Gasteiger partial charge in [0.1, 0.15) is 11.9 Å². The Morgan fingerprint density at radius 1 is 1.43 bits per heavy atom. The van der Waals surface area contributed by atoms with Crippen LogP contribution < -0.4 is 39.4 Å². The molecule has 1 saturated carbocycles. The van der Waals surface area contributed by atoms with Crippen LogP contribution in [-0.2, 0) is 11.2 Å². The summed E-state index contributed by atoms with van der Waals surface area (Å²) in [7, 11) is 0. The minimum absolute atomic E-state index is 0. The molecule has 1 fully saturated rings. The third-order valence-electron chi connectivity index (χ3n) is 6.03. The molecule has 0 bridgehead atoms. The van der Waals surface area contributed by atoms with Crippen molar-refractivity contribution in [2.24, 2.45) is 11.8 Å². The normalized spacial score (nSPS) is 26.0. The molecule has 0 aromatic heterocycles. The largest absolute Gasteiger partial charge is 1.00 e. The second kappa shape index (κ2) is 11.4. The molecule has 1 heterocycles. The van der Waals surface area contributed by atoms with Gasteiger partial charge in [0.2, 0.25) is 0 Å². The summed E-state index contributed by atoms with van der Waals surface area (Å²) in [5, 5.41) is 31.7. The van der Waals surface area contributed by atoms with Crippen molar-refractivity contribution < 1.29 is 54.4 Å². The van der Waals surface area contributed by atoms with Crippen molar-refractivity contribution in [1.29, 1.82) is 0 Å². The van der Waals surface area contributed by atoms with E-state index in [2.05, 4.69) is 11.8 Å². The molecule has 1 aromatic carbocycles. The Labute approximate surface area is 200 Å². The molecule has 6 heteroatoms. The fourth-order valence-electron chi connectivity index (χ4n) is 4.40. The van der Waals surface area contributed by atoms with E-state index in [-0.39, 0.29) is 59.8 Å².